The summed E-state index contributed by atoms with van der Waals surface area (Å²) in [5.74, 6) is -2.42. The normalized spacial score (nSPS) is 14.0. The molecular weight excluding hydrogens is 757 g/mol. The fraction of sp³-hybridized carbons (Fsp3) is 0.804. The number of rotatable bonds is 43. The van der Waals surface area contributed by atoms with Gasteiger partial charge >= 0.3 is 25.7 Å². The summed E-state index contributed by atoms with van der Waals surface area (Å²) in [5.41, 5.74) is 5.33. The van der Waals surface area contributed by atoms with E-state index in [4.69, 9.17) is 24.8 Å². The van der Waals surface area contributed by atoms with Crippen LogP contribution in [0.1, 0.15) is 206 Å². The summed E-state index contributed by atoms with van der Waals surface area (Å²) in [6, 6.07) is -1.53. The molecule has 12 heteroatoms. The first-order valence-corrected chi connectivity index (χ1v) is 24.5. The van der Waals surface area contributed by atoms with Gasteiger partial charge in [0.1, 0.15) is 12.6 Å². The number of carboxylic acid groups (broad SMARTS) is 1. The number of unbranched alkanes of at least 4 members (excludes halogenated alkanes) is 23. The molecule has 1 unspecified atom stereocenters. The van der Waals surface area contributed by atoms with Gasteiger partial charge in [-0.2, -0.15) is 0 Å². The van der Waals surface area contributed by atoms with Crippen molar-refractivity contribution in [3.8, 4) is 0 Å². The lowest BCUT2D eigenvalue weighted by Gasteiger charge is -2.20. The van der Waals surface area contributed by atoms with Gasteiger partial charge in [0.05, 0.1) is 13.2 Å². The Kier molecular flexibility index (Phi) is 39.8. The summed E-state index contributed by atoms with van der Waals surface area (Å²) < 4.78 is 32.7. The molecule has 0 amide bonds. The second-order valence-electron chi connectivity index (χ2n) is 15.5. The van der Waals surface area contributed by atoms with Crippen molar-refractivity contribution in [2.24, 2.45) is 5.73 Å². The fourth-order valence-corrected chi connectivity index (χ4v) is 7.03. The van der Waals surface area contributed by atoms with E-state index in [9.17, 15) is 23.8 Å². The number of phosphoric acid groups is 1. The van der Waals surface area contributed by atoms with Crippen LogP contribution < -0.4 is 5.73 Å². The maximum absolute atomic E-state index is 12.6. The smallest absolute Gasteiger partial charge is 0.472 e. The lowest BCUT2D eigenvalue weighted by molar-refractivity contribution is -0.161. The van der Waals surface area contributed by atoms with Gasteiger partial charge in [-0.1, -0.05) is 179 Å². The van der Waals surface area contributed by atoms with Gasteiger partial charge < -0.3 is 25.2 Å². The Morgan fingerprint density at radius 3 is 1.40 bits per heavy atom. The number of hydrogen-bond acceptors (Lipinski definition) is 9. The molecule has 0 bridgehead atoms. The molecule has 0 radical (unpaired) electrons. The van der Waals surface area contributed by atoms with E-state index in [0.29, 0.717) is 12.8 Å². The molecule has 0 spiro atoms. The van der Waals surface area contributed by atoms with Gasteiger partial charge in [0.2, 0.25) is 0 Å². The number of carbonyl (C=O) groups excluding carboxylic acids is 2. The molecule has 0 heterocycles. The predicted octanol–water partition coefficient (Wildman–Crippen LogP) is 12.4. The monoisotopic (exact) mass is 842 g/mol. The predicted molar refractivity (Wildman–Crippen MR) is 235 cm³/mol. The molecule has 0 aliphatic rings. The molecule has 58 heavy (non-hydrogen) atoms. The first-order chi connectivity index (χ1) is 28.1. The molecule has 0 aromatic heterocycles. The number of esters is 2. The molecule has 0 saturated carbocycles. The maximum atomic E-state index is 12.6. The topological polar surface area (TPSA) is 172 Å². The average Bonchev–Trinajstić information content (AvgIpc) is 3.20. The quantitative estimate of drug-likeness (QED) is 0.0231. The van der Waals surface area contributed by atoms with Gasteiger partial charge in [0, 0.05) is 12.8 Å². The molecule has 0 aliphatic heterocycles. The van der Waals surface area contributed by atoms with Crippen LogP contribution >= 0.6 is 7.82 Å². The van der Waals surface area contributed by atoms with Crippen molar-refractivity contribution in [3.63, 3.8) is 0 Å². The molecule has 11 nitrogen and oxygen atoms in total. The zero-order valence-corrected chi connectivity index (χ0v) is 37.5. The highest BCUT2D eigenvalue weighted by molar-refractivity contribution is 7.47. The summed E-state index contributed by atoms with van der Waals surface area (Å²) in [7, 11) is -4.73. The van der Waals surface area contributed by atoms with E-state index in [2.05, 4.69) is 54.8 Å². The summed E-state index contributed by atoms with van der Waals surface area (Å²) >= 11 is 0. The second-order valence-corrected chi connectivity index (χ2v) is 17.0. The molecule has 0 aromatic rings. The minimum Gasteiger partial charge on any atom is -0.480 e. The summed E-state index contributed by atoms with van der Waals surface area (Å²) in [4.78, 5) is 46.0. The lowest BCUT2D eigenvalue weighted by Crippen LogP contribution is -2.34. The third-order valence-corrected chi connectivity index (χ3v) is 10.8. The van der Waals surface area contributed by atoms with Crippen LogP contribution in [-0.2, 0) is 37.5 Å². The minimum absolute atomic E-state index is 0.114. The number of phosphoric ester groups is 1. The van der Waals surface area contributed by atoms with Crippen molar-refractivity contribution in [2.75, 3.05) is 19.8 Å². The summed E-state index contributed by atoms with van der Waals surface area (Å²) in [5, 5.41) is 8.89. The standard InChI is InChI=1S/C46H84NO10P/c1-3-5-7-9-11-13-15-17-19-20-21-22-24-25-27-29-31-33-35-37-44(48)54-39-42(40-55-58(52,53)56-41-43(47)46(50)51)57-45(49)38-36-34-32-30-28-26-23-18-16-14-12-10-8-6-4-2/h12,14,18,23,28,30,42-43H,3-11,13,15-17,19-22,24-27,29,31-41,47H2,1-2H3,(H,50,51)(H,52,53)/b14-12-,23-18-,30-28-/t42-,43+/m1/s1. The second kappa shape index (κ2) is 41.4. The molecule has 0 aromatic carbocycles. The summed E-state index contributed by atoms with van der Waals surface area (Å²) in [6.07, 6.45) is 45.0. The number of allylic oxidation sites excluding steroid dienone is 6. The highest BCUT2D eigenvalue weighted by Gasteiger charge is 2.28. The van der Waals surface area contributed by atoms with Crippen molar-refractivity contribution >= 4 is 25.7 Å². The lowest BCUT2D eigenvalue weighted by atomic mass is 10.0. The number of aliphatic carboxylic acids is 1. The van der Waals surface area contributed by atoms with E-state index < -0.39 is 51.1 Å². The molecule has 0 rings (SSSR count). The van der Waals surface area contributed by atoms with E-state index in [0.717, 1.165) is 51.4 Å². The van der Waals surface area contributed by atoms with E-state index in [-0.39, 0.29) is 19.4 Å². The fourth-order valence-electron chi connectivity index (χ4n) is 6.25. The molecule has 338 valence electrons. The highest BCUT2D eigenvalue weighted by Crippen LogP contribution is 2.43. The third-order valence-electron chi connectivity index (χ3n) is 9.89. The van der Waals surface area contributed by atoms with Crippen LogP contribution in [0.3, 0.4) is 0 Å². The number of ether oxygens (including phenoxy) is 2. The van der Waals surface area contributed by atoms with Crippen LogP contribution in [0, 0.1) is 0 Å². The Bertz CT molecular complexity index is 1130. The van der Waals surface area contributed by atoms with Crippen LogP contribution in [0.25, 0.3) is 0 Å². The van der Waals surface area contributed by atoms with Crippen LogP contribution in [0.2, 0.25) is 0 Å². The van der Waals surface area contributed by atoms with Crippen LogP contribution in [0.5, 0.6) is 0 Å². The van der Waals surface area contributed by atoms with Crippen LogP contribution in [0.4, 0.5) is 0 Å². The van der Waals surface area contributed by atoms with Crippen molar-refractivity contribution in [1.82, 2.24) is 0 Å². The van der Waals surface area contributed by atoms with Gasteiger partial charge in [0.15, 0.2) is 6.10 Å². The van der Waals surface area contributed by atoms with Crippen LogP contribution in [0.15, 0.2) is 36.5 Å². The molecule has 0 saturated heterocycles. The Balaban J connectivity index is 4.34. The van der Waals surface area contributed by atoms with E-state index in [1.807, 2.05) is 0 Å². The summed E-state index contributed by atoms with van der Waals surface area (Å²) in [6.45, 7) is 2.76. The first-order valence-electron chi connectivity index (χ1n) is 23.0. The van der Waals surface area contributed by atoms with E-state index >= 15 is 0 Å². The van der Waals surface area contributed by atoms with Crippen molar-refractivity contribution in [3.05, 3.63) is 36.5 Å². The van der Waals surface area contributed by atoms with E-state index in [1.165, 1.54) is 116 Å². The van der Waals surface area contributed by atoms with Crippen molar-refractivity contribution in [2.45, 2.75) is 219 Å². The Morgan fingerprint density at radius 2 is 0.914 bits per heavy atom. The maximum Gasteiger partial charge on any atom is 0.472 e. The van der Waals surface area contributed by atoms with E-state index in [1.54, 1.807) is 0 Å². The number of nitrogens with two attached hydrogens (primary N) is 1. The van der Waals surface area contributed by atoms with Crippen molar-refractivity contribution in [1.29, 1.82) is 0 Å². The Morgan fingerprint density at radius 1 is 0.534 bits per heavy atom. The van der Waals surface area contributed by atoms with Gasteiger partial charge in [-0.15, -0.1) is 0 Å². The average molecular weight is 842 g/mol. The van der Waals surface area contributed by atoms with Crippen molar-refractivity contribution < 1.29 is 47.5 Å². The highest BCUT2D eigenvalue weighted by atomic mass is 31.2. The first kappa shape index (κ1) is 55.7. The zero-order chi connectivity index (χ0) is 42.8. The molecule has 0 aliphatic carbocycles. The third kappa shape index (κ3) is 40.5. The Hall–Kier alpha value is -2.30. The number of carbonyl (C=O) groups is 3. The van der Waals surface area contributed by atoms with Gasteiger partial charge in [-0.05, 0) is 51.4 Å². The van der Waals surface area contributed by atoms with Gasteiger partial charge in [0.25, 0.3) is 0 Å². The molecule has 0 fully saturated rings. The largest absolute Gasteiger partial charge is 0.480 e. The number of carboxylic acids is 1. The SMILES string of the molecule is CCCCC/C=C\C/C=C\C/C=C\CCCCC(=O)O[C@H](COC(=O)CCCCCCCCCCCCCCCCCCCCC)COP(=O)(O)OC[C@H](N)C(=O)O. The minimum atomic E-state index is -4.73. The number of hydrogen-bond donors (Lipinski definition) is 3. The zero-order valence-electron chi connectivity index (χ0n) is 36.6. The van der Waals surface area contributed by atoms with Crippen LogP contribution in [-0.4, -0.2) is 59.9 Å². The Labute approximate surface area is 353 Å². The molecule has 3 atom stereocenters. The van der Waals surface area contributed by atoms with Gasteiger partial charge in [-0.25, -0.2) is 4.57 Å². The molecular formula is C46H84NO10P. The van der Waals surface area contributed by atoms with Gasteiger partial charge in [-0.3, -0.25) is 23.4 Å². The molecule has 4 N–H and O–H groups in total.